The van der Waals surface area contributed by atoms with E-state index in [1.807, 2.05) is 0 Å². The molecule has 6 amide bonds. The predicted molar refractivity (Wildman–Crippen MR) is 185 cm³/mol. The van der Waals surface area contributed by atoms with Gasteiger partial charge in [-0.15, -0.1) is 0 Å². The summed E-state index contributed by atoms with van der Waals surface area (Å²) in [7, 11) is 0. The van der Waals surface area contributed by atoms with Crippen LogP contribution in [0.1, 0.15) is 58.8 Å². The average Bonchev–Trinajstić information content (AvgIpc) is 3.76. The number of likely N-dealkylation sites (tertiary alicyclic amines) is 2. The molecule has 0 aromatic carbocycles. The summed E-state index contributed by atoms with van der Waals surface area (Å²) >= 11 is 4.05. The van der Waals surface area contributed by atoms with E-state index in [-0.39, 0.29) is 44.1 Å². The Morgan fingerprint density at radius 1 is 0.863 bits per heavy atom. The molecule has 6 atom stereocenters. The number of thiol groups is 1. The molecular formula is C30H50N10O10S. The summed E-state index contributed by atoms with van der Waals surface area (Å²) in [5.41, 5.74) is 16.6. The van der Waals surface area contributed by atoms with Gasteiger partial charge < -0.3 is 58.5 Å². The molecule has 0 saturated carbocycles. The van der Waals surface area contributed by atoms with E-state index >= 15 is 0 Å². The number of rotatable bonds is 19. The molecule has 2 saturated heterocycles. The van der Waals surface area contributed by atoms with Crippen LogP contribution in [-0.4, -0.2) is 142 Å². The van der Waals surface area contributed by atoms with Crippen LogP contribution in [0.15, 0.2) is 4.99 Å². The first-order valence-electron chi connectivity index (χ1n) is 16.6. The second kappa shape index (κ2) is 20.3. The topological polar surface area (TPSA) is 322 Å². The summed E-state index contributed by atoms with van der Waals surface area (Å²) in [6, 6.07) is -6.99. The fraction of sp³-hybridized carbons (Fsp3) is 0.700. The number of nitrogens with one attached hydrogen (secondary N) is 4. The molecule has 21 heteroatoms. The molecule has 286 valence electrons. The number of carbonyl (C=O) groups is 8. The Bertz CT molecular complexity index is 1340. The molecule has 0 aromatic heterocycles. The number of amides is 6. The van der Waals surface area contributed by atoms with Crippen molar-refractivity contribution >= 4 is 66.0 Å². The zero-order valence-electron chi connectivity index (χ0n) is 28.7. The summed E-state index contributed by atoms with van der Waals surface area (Å²) in [5, 5.41) is 28.7. The molecule has 0 radical (unpaired) electrons. The molecular weight excluding hydrogens is 692 g/mol. The summed E-state index contributed by atoms with van der Waals surface area (Å²) in [6.45, 7) is 3.05. The highest BCUT2D eigenvalue weighted by molar-refractivity contribution is 7.80. The SMILES string of the molecule is CC(C)[C@H](NC(=O)CNC(=O)[C@H](CCCN=C(N)N)NC(=O)[C@@H]1CCCN1C(=O)[C@@H](N)CS)C(=O)N[C@@H](CC(=O)O)C(=O)N1CCC[C@H]1C(=O)O. The van der Waals surface area contributed by atoms with Gasteiger partial charge in [-0.3, -0.25) is 38.6 Å². The first-order valence-corrected chi connectivity index (χ1v) is 17.3. The molecule has 2 rings (SSSR count). The lowest BCUT2D eigenvalue weighted by atomic mass is 10.0. The van der Waals surface area contributed by atoms with Crippen molar-refractivity contribution in [2.24, 2.45) is 28.1 Å². The molecule has 0 aromatic rings. The number of carboxylic acid groups (broad SMARTS) is 2. The second-order valence-electron chi connectivity index (χ2n) is 12.7. The van der Waals surface area contributed by atoms with E-state index in [0.717, 1.165) is 4.90 Å². The standard InChI is InChI=1S/C30H50N10O10S/c1-15(2)23(26(46)37-18(12-22(42)43)28(48)40-11-5-8-20(40)29(49)50)38-21(41)13-35-24(44)17(6-3-9-34-30(32)33)36-25(45)19-7-4-10-39(19)27(47)16(31)14-51/h15-20,23,51H,3-14,31H2,1-2H3,(H,35,44)(H,36,45)(H,37,46)(H,38,41)(H,42,43)(H,49,50)(H4,32,33,34)/t16-,17-,18-,19-,20-,23-/m0/s1. The van der Waals surface area contributed by atoms with Crippen molar-refractivity contribution in [3.05, 3.63) is 0 Å². The Morgan fingerprint density at radius 3 is 2.02 bits per heavy atom. The molecule has 0 bridgehead atoms. The maximum absolute atomic E-state index is 13.3. The average molecular weight is 743 g/mol. The lowest BCUT2D eigenvalue weighted by Crippen LogP contribution is -2.58. The number of guanidine groups is 1. The molecule has 0 aliphatic carbocycles. The number of aliphatic carboxylic acids is 2. The maximum atomic E-state index is 13.3. The Kier molecular flexibility index (Phi) is 16.9. The number of nitrogens with two attached hydrogens (primary N) is 3. The Balaban J connectivity index is 2.10. The van der Waals surface area contributed by atoms with Crippen LogP contribution in [0, 0.1) is 5.92 Å². The summed E-state index contributed by atoms with van der Waals surface area (Å²) in [4.78, 5) is 108. The molecule has 2 aliphatic rings. The van der Waals surface area contributed by atoms with Crippen molar-refractivity contribution in [1.29, 1.82) is 0 Å². The van der Waals surface area contributed by atoms with Gasteiger partial charge in [0, 0.05) is 25.4 Å². The summed E-state index contributed by atoms with van der Waals surface area (Å²) < 4.78 is 0. The van der Waals surface area contributed by atoms with Crippen molar-refractivity contribution in [3.8, 4) is 0 Å². The van der Waals surface area contributed by atoms with E-state index in [1.54, 1.807) is 13.8 Å². The fourth-order valence-corrected chi connectivity index (χ4v) is 5.96. The summed E-state index contributed by atoms with van der Waals surface area (Å²) in [5.74, 6) is -7.71. The third-order valence-electron chi connectivity index (χ3n) is 8.43. The van der Waals surface area contributed by atoms with Crippen LogP contribution in [0.2, 0.25) is 0 Å². The van der Waals surface area contributed by atoms with Crippen LogP contribution in [0.4, 0.5) is 0 Å². The van der Waals surface area contributed by atoms with Crippen LogP contribution in [-0.2, 0) is 38.4 Å². The third-order valence-corrected chi connectivity index (χ3v) is 8.83. The number of aliphatic imine (C=N–C) groups is 1. The highest BCUT2D eigenvalue weighted by atomic mass is 32.1. The van der Waals surface area contributed by atoms with E-state index in [2.05, 4.69) is 38.9 Å². The van der Waals surface area contributed by atoms with Crippen molar-refractivity contribution < 1.29 is 48.6 Å². The van der Waals surface area contributed by atoms with Crippen molar-refractivity contribution in [2.45, 2.75) is 95.0 Å². The smallest absolute Gasteiger partial charge is 0.326 e. The van der Waals surface area contributed by atoms with Crippen molar-refractivity contribution in [3.63, 3.8) is 0 Å². The van der Waals surface area contributed by atoms with E-state index in [1.165, 1.54) is 4.90 Å². The molecule has 20 nitrogen and oxygen atoms in total. The Hall–Kier alpha value is -4.66. The van der Waals surface area contributed by atoms with Gasteiger partial charge in [0.05, 0.1) is 19.0 Å². The van der Waals surface area contributed by atoms with Crippen molar-refractivity contribution in [1.82, 2.24) is 31.1 Å². The maximum Gasteiger partial charge on any atom is 0.326 e. The Morgan fingerprint density at radius 2 is 1.47 bits per heavy atom. The summed E-state index contributed by atoms with van der Waals surface area (Å²) in [6.07, 6.45) is 0.943. The van der Waals surface area contributed by atoms with Crippen LogP contribution in [0.25, 0.3) is 0 Å². The molecule has 2 fully saturated rings. The van der Waals surface area contributed by atoms with Crippen LogP contribution < -0.4 is 38.5 Å². The predicted octanol–water partition coefficient (Wildman–Crippen LogP) is -3.94. The minimum atomic E-state index is -1.60. The molecule has 51 heavy (non-hydrogen) atoms. The second-order valence-corrected chi connectivity index (χ2v) is 13.0. The molecule has 0 unspecified atom stereocenters. The lowest BCUT2D eigenvalue weighted by molar-refractivity contribution is -0.150. The van der Waals surface area contributed by atoms with E-state index in [0.29, 0.717) is 25.8 Å². The van der Waals surface area contributed by atoms with Gasteiger partial charge in [0.25, 0.3) is 0 Å². The number of hydrogen-bond donors (Lipinski definition) is 10. The van der Waals surface area contributed by atoms with Crippen LogP contribution in [0.5, 0.6) is 0 Å². The van der Waals surface area contributed by atoms with E-state index in [4.69, 9.17) is 17.2 Å². The Labute approximate surface area is 300 Å². The molecule has 12 N–H and O–H groups in total. The molecule has 0 spiro atoms. The normalized spacial score (nSPS) is 19.3. The number of hydrogen-bond acceptors (Lipinski definition) is 11. The minimum Gasteiger partial charge on any atom is -0.481 e. The van der Waals surface area contributed by atoms with Gasteiger partial charge in [-0.1, -0.05) is 13.8 Å². The zero-order chi connectivity index (χ0) is 38.4. The monoisotopic (exact) mass is 742 g/mol. The zero-order valence-corrected chi connectivity index (χ0v) is 29.6. The van der Waals surface area contributed by atoms with Gasteiger partial charge in [-0.05, 0) is 44.4 Å². The molecule has 2 aliphatic heterocycles. The molecule has 2 heterocycles. The van der Waals surface area contributed by atoms with Crippen LogP contribution in [0.3, 0.4) is 0 Å². The largest absolute Gasteiger partial charge is 0.481 e. The first-order chi connectivity index (χ1) is 24.0. The van der Waals surface area contributed by atoms with Gasteiger partial charge in [-0.25, -0.2) is 4.79 Å². The number of nitrogens with zero attached hydrogens (tertiary/aromatic N) is 3. The van der Waals surface area contributed by atoms with Gasteiger partial charge in [0.1, 0.15) is 30.2 Å². The van der Waals surface area contributed by atoms with Gasteiger partial charge in [0.2, 0.25) is 35.4 Å². The highest BCUT2D eigenvalue weighted by Crippen LogP contribution is 2.20. The minimum absolute atomic E-state index is 0.0581. The van der Waals surface area contributed by atoms with E-state index < -0.39 is 103 Å². The van der Waals surface area contributed by atoms with E-state index in [9.17, 15) is 48.6 Å². The van der Waals surface area contributed by atoms with Gasteiger partial charge in [-0.2, -0.15) is 12.6 Å². The van der Waals surface area contributed by atoms with Crippen LogP contribution >= 0.6 is 12.6 Å². The quantitative estimate of drug-likeness (QED) is 0.0262. The highest BCUT2D eigenvalue weighted by Gasteiger charge is 2.40. The van der Waals surface area contributed by atoms with Gasteiger partial charge in [0.15, 0.2) is 5.96 Å². The number of carbonyl (C=O) groups excluding carboxylic acids is 6. The first kappa shape index (κ1) is 42.5. The number of carboxylic acids is 2. The third kappa shape index (κ3) is 12.9. The van der Waals surface area contributed by atoms with Gasteiger partial charge >= 0.3 is 11.9 Å². The lowest BCUT2D eigenvalue weighted by Gasteiger charge is -2.29. The van der Waals surface area contributed by atoms with Crippen molar-refractivity contribution in [2.75, 3.05) is 31.9 Å². The fourth-order valence-electron chi connectivity index (χ4n) is 5.81.